The molecule has 1 aromatic heterocycles. The first-order valence-electron chi connectivity index (χ1n) is 14.8. The molecule has 6 aromatic carbocycles. The molecule has 0 N–H and O–H groups in total. The van der Waals surface area contributed by atoms with Crippen molar-refractivity contribution in [3.63, 3.8) is 0 Å². The van der Waals surface area contributed by atoms with Gasteiger partial charge in [0.1, 0.15) is 0 Å². The minimum absolute atomic E-state index is 0.762. The molecule has 2 aliphatic heterocycles. The minimum atomic E-state index is 0.762. The Hall–Kier alpha value is -5.67. The molecule has 0 radical (unpaired) electrons. The molecule has 0 bridgehead atoms. The van der Waals surface area contributed by atoms with Gasteiger partial charge in [-0.15, -0.1) is 0 Å². The molecule has 0 fully saturated rings. The summed E-state index contributed by atoms with van der Waals surface area (Å²) < 4.78 is 2.33. The summed E-state index contributed by atoms with van der Waals surface area (Å²) in [6.45, 7) is 0.762. The minimum Gasteiger partial charge on any atom is -0.307 e. The highest BCUT2D eigenvalue weighted by molar-refractivity contribution is 6.23. The first-order valence-corrected chi connectivity index (χ1v) is 14.8. The summed E-state index contributed by atoms with van der Waals surface area (Å²) >= 11 is 0. The molecule has 0 saturated heterocycles. The maximum absolute atomic E-state index is 5.18. The normalized spacial score (nSPS) is 14.7. The number of aromatic nitrogens is 1. The van der Waals surface area contributed by atoms with E-state index in [0.717, 1.165) is 34.9 Å². The van der Waals surface area contributed by atoms with Gasteiger partial charge in [0, 0.05) is 29.1 Å². The van der Waals surface area contributed by atoms with E-state index in [9.17, 15) is 0 Å². The average Bonchev–Trinajstić information content (AvgIpc) is 3.42. The molecule has 9 rings (SSSR count). The van der Waals surface area contributed by atoms with Crippen molar-refractivity contribution in [1.82, 2.24) is 9.47 Å². The monoisotopic (exact) mass is 549 g/mol. The number of fused-ring (bicyclic) bond motifs is 7. The second-order valence-corrected chi connectivity index (χ2v) is 11.2. The molecule has 0 aliphatic carbocycles. The molecule has 43 heavy (non-hydrogen) atoms. The van der Waals surface area contributed by atoms with Crippen LogP contribution in [0.25, 0.3) is 60.1 Å². The highest BCUT2D eigenvalue weighted by atomic mass is 15.3. The number of hydrogen-bond donors (Lipinski definition) is 0. The SMILES string of the molecule is C1=CCN2C(=C1)C(c1ccc(-c3cccc4ccccc34)cc1)=CN=C2n1c2ccccc2c2c3ccccc3ccc21. The van der Waals surface area contributed by atoms with Crippen LogP contribution in [0, 0.1) is 0 Å². The van der Waals surface area contributed by atoms with E-state index in [1.165, 1.54) is 49.0 Å². The van der Waals surface area contributed by atoms with Gasteiger partial charge in [0.05, 0.1) is 16.7 Å². The van der Waals surface area contributed by atoms with Gasteiger partial charge in [0.2, 0.25) is 5.96 Å². The molecule has 0 atom stereocenters. The summed E-state index contributed by atoms with van der Waals surface area (Å²) in [5.41, 5.74) is 8.25. The fraction of sp³-hybridized carbons (Fsp3) is 0.0250. The van der Waals surface area contributed by atoms with Crippen molar-refractivity contribution in [2.24, 2.45) is 4.99 Å². The van der Waals surface area contributed by atoms with E-state index >= 15 is 0 Å². The Morgan fingerprint density at radius 2 is 1.26 bits per heavy atom. The zero-order valence-corrected chi connectivity index (χ0v) is 23.5. The molecule has 0 saturated carbocycles. The van der Waals surface area contributed by atoms with Crippen molar-refractivity contribution < 1.29 is 0 Å². The average molecular weight is 550 g/mol. The van der Waals surface area contributed by atoms with E-state index in [1.54, 1.807) is 0 Å². The second kappa shape index (κ2) is 9.43. The third-order valence-corrected chi connectivity index (χ3v) is 8.85. The Balaban J connectivity index is 1.20. The van der Waals surface area contributed by atoms with E-state index < -0.39 is 0 Å². The summed E-state index contributed by atoms with van der Waals surface area (Å²) in [5.74, 6) is 0.924. The van der Waals surface area contributed by atoms with Gasteiger partial charge < -0.3 is 4.90 Å². The van der Waals surface area contributed by atoms with Crippen molar-refractivity contribution in [3.05, 3.63) is 163 Å². The van der Waals surface area contributed by atoms with Crippen LogP contribution in [0.5, 0.6) is 0 Å². The Morgan fingerprint density at radius 1 is 0.558 bits per heavy atom. The number of hydrogen-bond acceptors (Lipinski definition) is 2. The molecular formula is C40H27N3. The Kier molecular flexibility index (Phi) is 5.26. The highest BCUT2D eigenvalue weighted by Crippen LogP contribution is 2.38. The van der Waals surface area contributed by atoms with Crippen LogP contribution in [0.4, 0.5) is 0 Å². The molecule has 202 valence electrons. The van der Waals surface area contributed by atoms with Crippen LogP contribution in [-0.2, 0) is 0 Å². The number of nitrogens with zero attached hydrogens (tertiary/aromatic N) is 3. The fourth-order valence-corrected chi connectivity index (χ4v) is 6.86. The van der Waals surface area contributed by atoms with Crippen LogP contribution in [0.15, 0.2) is 163 Å². The molecule has 3 nitrogen and oxygen atoms in total. The molecular weight excluding hydrogens is 522 g/mol. The van der Waals surface area contributed by atoms with Crippen LogP contribution in [0.2, 0.25) is 0 Å². The van der Waals surface area contributed by atoms with Gasteiger partial charge in [0.15, 0.2) is 0 Å². The van der Waals surface area contributed by atoms with Crippen LogP contribution < -0.4 is 0 Å². The quantitative estimate of drug-likeness (QED) is 0.210. The van der Waals surface area contributed by atoms with E-state index in [4.69, 9.17) is 4.99 Å². The lowest BCUT2D eigenvalue weighted by Crippen LogP contribution is -2.38. The van der Waals surface area contributed by atoms with Gasteiger partial charge >= 0.3 is 0 Å². The van der Waals surface area contributed by atoms with E-state index in [2.05, 4.69) is 155 Å². The Bertz CT molecular complexity index is 2360. The number of aliphatic imine (C=N–C) groups is 1. The van der Waals surface area contributed by atoms with Crippen LogP contribution in [-0.4, -0.2) is 22.0 Å². The summed E-state index contributed by atoms with van der Waals surface area (Å²) in [4.78, 5) is 7.53. The molecule has 3 heteroatoms. The van der Waals surface area contributed by atoms with E-state index in [0.29, 0.717) is 0 Å². The van der Waals surface area contributed by atoms with Gasteiger partial charge in [-0.1, -0.05) is 127 Å². The third kappa shape index (κ3) is 3.65. The number of rotatable bonds is 2. The first-order chi connectivity index (χ1) is 21.3. The molecule has 2 aliphatic rings. The zero-order chi connectivity index (χ0) is 28.3. The van der Waals surface area contributed by atoms with Crippen LogP contribution in [0.3, 0.4) is 0 Å². The van der Waals surface area contributed by atoms with Gasteiger partial charge in [0.25, 0.3) is 0 Å². The van der Waals surface area contributed by atoms with E-state index in [1.807, 2.05) is 6.20 Å². The summed E-state index contributed by atoms with van der Waals surface area (Å²) in [5, 5.41) is 7.56. The van der Waals surface area contributed by atoms with Gasteiger partial charge in [-0.05, 0) is 56.4 Å². The number of allylic oxidation sites excluding steroid dienone is 3. The standard InChI is InChI=1S/C40H27N3/c1-3-13-31-27(10-1)12-9-16-32(31)29-19-21-30(22-20-29)35-26-41-40(42-25-8-7-17-36(35)42)43-37-18-6-5-15-34(37)39-33-14-4-2-11-28(33)23-24-38(39)43/h1-24,26H,25H2. The van der Waals surface area contributed by atoms with Crippen molar-refractivity contribution in [3.8, 4) is 11.1 Å². The predicted octanol–water partition coefficient (Wildman–Crippen LogP) is 9.78. The largest absolute Gasteiger partial charge is 0.307 e. The van der Waals surface area contributed by atoms with E-state index in [-0.39, 0.29) is 0 Å². The van der Waals surface area contributed by atoms with Gasteiger partial charge in [-0.25, -0.2) is 4.99 Å². The second-order valence-electron chi connectivity index (χ2n) is 11.2. The maximum Gasteiger partial charge on any atom is 0.215 e. The van der Waals surface area contributed by atoms with Gasteiger partial charge in [-0.3, -0.25) is 4.57 Å². The van der Waals surface area contributed by atoms with Crippen LogP contribution in [0.1, 0.15) is 5.56 Å². The summed E-state index contributed by atoms with van der Waals surface area (Å²) in [7, 11) is 0. The van der Waals surface area contributed by atoms with Crippen LogP contribution >= 0.6 is 0 Å². The van der Waals surface area contributed by atoms with Crippen molar-refractivity contribution in [2.75, 3.05) is 6.54 Å². The highest BCUT2D eigenvalue weighted by Gasteiger charge is 2.28. The first kappa shape index (κ1) is 24.0. The Labute approximate surface area is 249 Å². The fourth-order valence-electron chi connectivity index (χ4n) is 6.86. The van der Waals surface area contributed by atoms with Crippen molar-refractivity contribution in [1.29, 1.82) is 0 Å². The summed E-state index contributed by atoms with van der Waals surface area (Å²) in [6, 6.07) is 45.8. The summed E-state index contributed by atoms with van der Waals surface area (Å²) in [6.07, 6.45) is 8.62. The van der Waals surface area contributed by atoms with Crippen molar-refractivity contribution >= 4 is 54.9 Å². The lowest BCUT2D eigenvalue weighted by atomic mass is 9.95. The Morgan fingerprint density at radius 3 is 2.12 bits per heavy atom. The number of benzene rings is 6. The topological polar surface area (TPSA) is 20.5 Å². The number of para-hydroxylation sites is 1. The molecule has 7 aromatic rings. The maximum atomic E-state index is 5.18. The van der Waals surface area contributed by atoms with Gasteiger partial charge in [-0.2, -0.15) is 0 Å². The third-order valence-electron chi connectivity index (χ3n) is 8.85. The lowest BCUT2D eigenvalue weighted by molar-refractivity contribution is 0.562. The van der Waals surface area contributed by atoms with Crippen molar-refractivity contribution in [2.45, 2.75) is 0 Å². The molecule has 0 unspecified atom stereocenters. The predicted molar refractivity (Wildman–Crippen MR) is 181 cm³/mol. The molecule has 0 spiro atoms. The zero-order valence-electron chi connectivity index (χ0n) is 23.5. The molecule has 3 heterocycles. The smallest absolute Gasteiger partial charge is 0.215 e. The molecule has 0 amide bonds. The lowest BCUT2D eigenvalue weighted by Gasteiger charge is -2.34.